The van der Waals surface area contributed by atoms with Crippen LogP contribution in [0.5, 0.6) is 5.75 Å². The van der Waals surface area contributed by atoms with E-state index in [1.807, 2.05) is 19.1 Å². The first-order valence-electron chi connectivity index (χ1n) is 7.60. The van der Waals surface area contributed by atoms with Gasteiger partial charge >= 0.3 is 0 Å². The summed E-state index contributed by atoms with van der Waals surface area (Å²) in [7, 11) is 1.59. The summed E-state index contributed by atoms with van der Waals surface area (Å²) in [5.41, 5.74) is 2.01. The molecule has 1 saturated heterocycles. The van der Waals surface area contributed by atoms with Crippen molar-refractivity contribution in [2.24, 2.45) is 0 Å². The van der Waals surface area contributed by atoms with Crippen LogP contribution in [-0.4, -0.2) is 48.5 Å². The van der Waals surface area contributed by atoms with Crippen molar-refractivity contribution in [1.82, 2.24) is 10.3 Å². The van der Waals surface area contributed by atoms with Gasteiger partial charge in [0.15, 0.2) is 0 Å². The highest BCUT2D eigenvalue weighted by Crippen LogP contribution is 2.23. The van der Waals surface area contributed by atoms with E-state index in [4.69, 9.17) is 9.47 Å². The molecule has 2 heterocycles. The molecule has 0 unspecified atom stereocenters. The molecular formula is C17H20N2O4. The first-order valence-corrected chi connectivity index (χ1v) is 7.60. The number of aliphatic hydroxyl groups excluding tert-OH is 1. The molecule has 1 amide bonds. The lowest BCUT2D eigenvalue weighted by Crippen LogP contribution is -2.48. The molecule has 0 bridgehead atoms. The smallest absolute Gasteiger partial charge is 0.252 e. The third kappa shape index (κ3) is 3.28. The van der Waals surface area contributed by atoms with Gasteiger partial charge in [-0.25, -0.2) is 0 Å². The minimum atomic E-state index is -0.679. The molecule has 0 spiro atoms. The zero-order valence-electron chi connectivity index (χ0n) is 13.2. The number of rotatable bonds is 3. The van der Waals surface area contributed by atoms with Gasteiger partial charge in [-0.1, -0.05) is 0 Å². The van der Waals surface area contributed by atoms with Crippen molar-refractivity contribution in [3.63, 3.8) is 0 Å². The second kappa shape index (κ2) is 6.52. The van der Waals surface area contributed by atoms with E-state index >= 15 is 0 Å². The van der Waals surface area contributed by atoms with E-state index in [1.165, 1.54) is 0 Å². The van der Waals surface area contributed by atoms with Crippen LogP contribution in [0.1, 0.15) is 22.5 Å². The fourth-order valence-electron chi connectivity index (χ4n) is 2.79. The predicted octanol–water partition coefficient (Wildman–Crippen LogP) is 1.43. The van der Waals surface area contributed by atoms with Crippen LogP contribution >= 0.6 is 0 Å². The number of methoxy groups -OCH3 is 1. The van der Waals surface area contributed by atoms with Crippen LogP contribution < -0.4 is 10.1 Å². The van der Waals surface area contributed by atoms with Gasteiger partial charge in [0.2, 0.25) is 0 Å². The zero-order valence-corrected chi connectivity index (χ0v) is 13.2. The Morgan fingerprint density at radius 3 is 3.00 bits per heavy atom. The molecule has 3 rings (SSSR count). The molecule has 122 valence electrons. The summed E-state index contributed by atoms with van der Waals surface area (Å²) >= 11 is 0. The Morgan fingerprint density at radius 1 is 1.43 bits per heavy atom. The highest BCUT2D eigenvalue weighted by molar-refractivity contribution is 6.06. The van der Waals surface area contributed by atoms with E-state index in [9.17, 15) is 9.90 Å². The number of aliphatic hydroxyl groups is 1. The summed E-state index contributed by atoms with van der Waals surface area (Å²) in [5, 5.41) is 13.6. The number of aromatic nitrogens is 1. The lowest BCUT2D eigenvalue weighted by molar-refractivity contribution is -0.0260. The van der Waals surface area contributed by atoms with Gasteiger partial charge in [-0.2, -0.15) is 0 Å². The molecule has 1 aliphatic rings. The summed E-state index contributed by atoms with van der Waals surface area (Å²) < 4.78 is 10.4. The van der Waals surface area contributed by atoms with E-state index in [1.54, 1.807) is 19.2 Å². The number of ether oxygens (including phenoxy) is 2. The molecule has 1 aliphatic heterocycles. The molecule has 1 aromatic heterocycles. The molecule has 0 aliphatic carbocycles. The summed E-state index contributed by atoms with van der Waals surface area (Å²) in [6.45, 7) is 2.63. The topological polar surface area (TPSA) is 80.7 Å². The van der Waals surface area contributed by atoms with Crippen LogP contribution in [0.3, 0.4) is 0 Å². The average molecular weight is 316 g/mol. The number of nitrogens with zero attached hydrogens (tertiary/aromatic N) is 1. The Morgan fingerprint density at radius 2 is 2.26 bits per heavy atom. The predicted molar refractivity (Wildman–Crippen MR) is 85.7 cm³/mol. The van der Waals surface area contributed by atoms with E-state index in [-0.39, 0.29) is 18.6 Å². The Kier molecular flexibility index (Phi) is 4.45. The monoisotopic (exact) mass is 316 g/mol. The molecule has 0 radical (unpaired) electrons. The second-order valence-electron chi connectivity index (χ2n) is 5.71. The zero-order chi connectivity index (χ0) is 16.4. The number of pyridine rings is 1. The fraction of sp³-hybridized carbons (Fsp3) is 0.412. The molecular weight excluding hydrogens is 296 g/mol. The number of hydrogen-bond acceptors (Lipinski definition) is 5. The van der Waals surface area contributed by atoms with Crippen molar-refractivity contribution in [2.45, 2.75) is 25.5 Å². The first-order chi connectivity index (χ1) is 11.1. The van der Waals surface area contributed by atoms with Crippen LogP contribution in [0.15, 0.2) is 24.3 Å². The molecule has 23 heavy (non-hydrogen) atoms. The standard InChI is InChI=1S/C17H20N2O4/c1-10-7-13(12-4-3-11(22-2)8-15(12)18-10)17(21)19-14-5-6-23-9-16(14)20/h3-4,7-8,14,16,20H,5-6,9H2,1-2H3,(H,19,21)/t14-,16-/m1/s1. The van der Waals surface area contributed by atoms with Crippen molar-refractivity contribution < 1.29 is 19.4 Å². The molecule has 2 N–H and O–H groups in total. The number of benzene rings is 1. The summed E-state index contributed by atoms with van der Waals surface area (Å²) in [4.78, 5) is 17.1. The Balaban J connectivity index is 1.93. The van der Waals surface area contributed by atoms with Crippen molar-refractivity contribution >= 4 is 16.8 Å². The van der Waals surface area contributed by atoms with Gasteiger partial charge in [0.1, 0.15) is 5.75 Å². The minimum absolute atomic E-state index is 0.211. The van der Waals surface area contributed by atoms with Gasteiger partial charge in [0.05, 0.1) is 36.9 Å². The fourth-order valence-corrected chi connectivity index (χ4v) is 2.79. The Hall–Kier alpha value is -2.18. The lowest BCUT2D eigenvalue weighted by Gasteiger charge is -2.28. The molecule has 6 heteroatoms. The average Bonchev–Trinajstić information content (AvgIpc) is 2.55. The maximum absolute atomic E-state index is 12.7. The maximum atomic E-state index is 12.7. The maximum Gasteiger partial charge on any atom is 0.252 e. The molecule has 6 nitrogen and oxygen atoms in total. The number of fused-ring (bicyclic) bond motifs is 1. The van der Waals surface area contributed by atoms with Gasteiger partial charge in [-0.15, -0.1) is 0 Å². The van der Waals surface area contributed by atoms with E-state index in [2.05, 4.69) is 10.3 Å². The van der Waals surface area contributed by atoms with Crippen LogP contribution in [0, 0.1) is 6.92 Å². The molecule has 2 atom stereocenters. The SMILES string of the molecule is COc1ccc2c(C(=O)N[C@@H]3CCOC[C@H]3O)cc(C)nc2c1. The normalized spacial score (nSPS) is 21.2. The molecule has 1 aromatic carbocycles. The van der Waals surface area contributed by atoms with Crippen LogP contribution in [0.2, 0.25) is 0 Å². The molecule has 2 aromatic rings. The third-order valence-corrected chi connectivity index (χ3v) is 4.03. The highest BCUT2D eigenvalue weighted by Gasteiger charge is 2.26. The summed E-state index contributed by atoms with van der Waals surface area (Å²) in [5.74, 6) is 0.485. The number of carbonyl (C=O) groups is 1. The van der Waals surface area contributed by atoms with Gasteiger partial charge in [0, 0.05) is 23.8 Å². The van der Waals surface area contributed by atoms with Crippen molar-refractivity contribution in [1.29, 1.82) is 0 Å². The van der Waals surface area contributed by atoms with E-state index in [0.717, 1.165) is 11.1 Å². The minimum Gasteiger partial charge on any atom is -0.497 e. The third-order valence-electron chi connectivity index (χ3n) is 4.03. The van der Waals surface area contributed by atoms with E-state index < -0.39 is 6.10 Å². The summed E-state index contributed by atoms with van der Waals surface area (Å²) in [6.07, 6.45) is -0.0788. The van der Waals surface area contributed by atoms with Gasteiger partial charge in [-0.3, -0.25) is 9.78 Å². The van der Waals surface area contributed by atoms with Crippen LogP contribution in [-0.2, 0) is 4.74 Å². The second-order valence-corrected chi connectivity index (χ2v) is 5.71. The number of aryl methyl sites for hydroxylation is 1. The van der Waals surface area contributed by atoms with Gasteiger partial charge in [0.25, 0.3) is 5.91 Å². The number of hydrogen-bond donors (Lipinski definition) is 2. The lowest BCUT2D eigenvalue weighted by atomic mass is 10.0. The molecule has 0 saturated carbocycles. The Bertz CT molecular complexity index is 732. The number of amides is 1. The largest absolute Gasteiger partial charge is 0.497 e. The Labute approximate surface area is 134 Å². The van der Waals surface area contributed by atoms with Crippen molar-refractivity contribution in [3.8, 4) is 5.75 Å². The van der Waals surface area contributed by atoms with Crippen LogP contribution in [0.4, 0.5) is 0 Å². The molecule has 1 fully saturated rings. The van der Waals surface area contributed by atoms with Crippen molar-refractivity contribution in [3.05, 3.63) is 35.5 Å². The van der Waals surface area contributed by atoms with E-state index in [0.29, 0.717) is 29.9 Å². The van der Waals surface area contributed by atoms with Gasteiger partial charge in [-0.05, 0) is 31.5 Å². The highest BCUT2D eigenvalue weighted by atomic mass is 16.5. The van der Waals surface area contributed by atoms with Gasteiger partial charge < -0.3 is 19.9 Å². The first kappa shape index (κ1) is 15.7. The van der Waals surface area contributed by atoms with Crippen molar-refractivity contribution in [2.75, 3.05) is 20.3 Å². The number of nitrogens with one attached hydrogen (secondary N) is 1. The van der Waals surface area contributed by atoms with Crippen LogP contribution in [0.25, 0.3) is 10.9 Å². The number of carbonyl (C=O) groups excluding carboxylic acids is 1. The summed E-state index contributed by atoms with van der Waals surface area (Å²) in [6, 6.07) is 6.91. The quantitative estimate of drug-likeness (QED) is 0.895.